The second-order valence-corrected chi connectivity index (χ2v) is 4.99. The predicted octanol–water partition coefficient (Wildman–Crippen LogP) is 4.83. The van der Waals surface area contributed by atoms with Crippen molar-refractivity contribution in [2.24, 2.45) is 0 Å². The summed E-state index contributed by atoms with van der Waals surface area (Å²) in [4.78, 5) is 0.145. The number of ether oxygens (including phenoxy) is 1. The molecule has 0 radical (unpaired) electrons. The Bertz CT molecular complexity index is 499. The summed E-state index contributed by atoms with van der Waals surface area (Å²) in [5.74, 6) is 0.697. The van der Waals surface area contributed by atoms with Gasteiger partial charge < -0.3 is 4.74 Å². The van der Waals surface area contributed by atoms with Crippen molar-refractivity contribution >= 4 is 27.5 Å². The van der Waals surface area contributed by atoms with Gasteiger partial charge in [-0.05, 0) is 23.3 Å². The molecule has 0 N–H and O–H groups in total. The average Bonchev–Trinajstić information content (AvgIpc) is 2.39. The van der Waals surface area contributed by atoms with Gasteiger partial charge in [0.25, 0.3) is 0 Å². The maximum Gasteiger partial charge on any atom is 0.137 e. The molecule has 2 rings (SSSR count). The molecule has 17 heavy (non-hydrogen) atoms. The molecule has 0 fully saturated rings. The van der Waals surface area contributed by atoms with Crippen molar-refractivity contribution in [3.63, 3.8) is 0 Å². The topological polar surface area (TPSA) is 9.23 Å². The number of hydrogen-bond acceptors (Lipinski definition) is 1. The zero-order chi connectivity index (χ0) is 12.3. The van der Waals surface area contributed by atoms with Crippen molar-refractivity contribution in [2.75, 3.05) is 7.11 Å². The van der Waals surface area contributed by atoms with E-state index in [1.807, 2.05) is 36.4 Å². The Morgan fingerprint density at radius 2 is 1.76 bits per heavy atom. The third kappa shape index (κ3) is 2.82. The molecule has 0 bridgehead atoms. The van der Waals surface area contributed by atoms with Crippen LogP contribution in [0.1, 0.15) is 16.0 Å². The van der Waals surface area contributed by atoms with Gasteiger partial charge in [0.2, 0.25) is 0 Å². The fraction of sp³-hybridized carbons (Fsp3) is 0.143. The van der Waals surface area contributed by atoms with Crippen molar-refractivity contribution < 1.29 is 4.74 Å². The number of alkyl halides is 1. The first-order chi connectivity index (χ1) is 8.22. The zero-order valence-corrected chi connectivity index (χ0v) is 11.7. The van der Waals surface area contributed by atoms with Gasteiger partial charge in [0.15, 0.2) is 0 Å². The highest BCUT2D eigenvalue weighted by atomic mass is 79.9. The quantitative estimate of drug-likeness (QED) is 0.738. The van der Waals surface area contributed by atoms with Gasteiger partial charge in [0.05, 0.1) is 17.0 Å². The maximum absolute atomic E-state index is 6.12. The number of halogens is 2. The number of methoxy groups -OCH3 is 1. The van der Waals surface area contributed by atoms with Gasteiger partial charge >= 0.3 is 0 Å². The van der Waals surface area contributed by atoms with Gasteiger partial charge in [-0.15, -0.1) is 0 Å². The van der Waals surface area contributed by atoms with Gasteiger partial charge in [-0.3, -0.25) is 0 Å². The summed E-state index contributed by atoms with van der Waals surface area (Å²) in [7, 11) is 1.61. The maximum atomic E-state index is 6.12. The van der Waals surface area contributed by atoms with Crippen molar-refractivity contribution in [3.05, 3.63) is 64.7 Å². The summed E-state index contributed by atoms with van der Waals surface area (Å²) in [5.41, 5.74) is 2.32. The fourth-order valence-electron chi connectivity index (χ4n) is 1.65. The largest absolute Gasteiger partial charge is 0.495 e. The lowest BCUT2D eigenvalue weighted by molar-refractivity contribution is 0.415. The van der Waals surface area contributed by atoms with E-state index in [1.165, 1.54) is 5.56 Å². The average molecular weight is 312 g/mol. The van der Waals surface area contributed by atoms with Crippen LogP contribution in [0.15, 0.2) is 48.5 Å². The van der Waals surface area contributed by atoms with E-state index >= 15 is 0 Å². The minimum Gasteiger partial charge on any atom is -0.495 e. The van der Waals surface area contributed by atoms with Crippen LogP contribution in [0.25, 0.3) is 0 Å². The molecule has 2 aromatic rings. The van der Waals surface area contributed by atoms with Crippen LogP contribution < -0.4 is 4.74 Å². The lowest BCUT2D eigenvalue weighted by atomic mass is 10.0. The van der Waals surface area contributed by atoms with Crippen LogP contribution >= 0.6 is 27.5 Å². The zero-order valence-electron chi connectivity index (χ0n) is 9.36. The van der Waals surface area contributed by atoms with Crippen LogP contribution in [0.4, 0.5) is 0 Å². The van der Waals surface area contributed by atoms with Crippen molar-refractivity contribution in [1.29, 1.82) is 0 Å². The highest BCUT2D eigenvalue weighted by Gasteiger charge is 2.11. The van der Waals surface area contributed by atoms with Gasteiger partial charge in [-0.1, -0.05) is 63.9 Å². The highest BCUT2D eigenvalue weighted by molar-refractivity contribution is 9.09. The Morgan fingerprint density at radius 1 is 1.06 bits per heavy atom. The first kappa shape index (κ1) is 12.5. The van der Waals surface area contributed by atoms with Crippen molar-refractivity contribution in [1.82, 2.24) is 0 Å². The molecular formula is C14H12BrClO. The van der Waals surface area contributed by atoms with Crippen molar-refractivity contribution in [3.8, 4) is 5.75 Å². The van der Waals surface area contributed by atoms with Crippen LogP contribution in [-0.2, 0) is 0 Å². The molecule has 0 aliphatic rings. The normalized spacial score (nSPS) is 12.2. The Labute approximate surface area is 115 Å². The molecule has 0 aliphatic carbocycles. The minimum atomic E-state index is 0.145. The van der Waals surface area contributed by atoms with Crippen LogP contribution in [0.3, 0.4) is 0 Å². The third-order valence-electron chi connectivity index (χ3n) is 2.56. The molecular weight excluding hydrogens is 300 g/mol. The monoisotopic (exact) mass is 310 g/mol. The molecule has 2 aromatic carbocycles. The molecule has 0 saturated carbocycles. The summed E-state index contributed by atoms with van der Waals surface area (Å²) in [6, 6.07) is 16.0. The molecule has 1 unspecified atom stereocenters. The Hall–Kier alpha value is -0.990. The molecule has 0 amide bonds. The molecule has 88 valence electrons. The summed E-state index contributed by atoms with van der Waals surface area (Å²) < 4.78 is 5.14. The fourth-order valence-corrected chi connectivity index (χ4v) is 2.51. The Morgan fingerprint density at radius 3 is 2.35 bits per heavy atom. The van der Waals surface area contributed by atoms with E-state index in [2.05, 4.69) is 28.1 Å². The van der Waals surface area contributed by atoms with E-state index in [0.29, 0.717) is 10.8 Å². The van der Waals surface area contributed by atoms with Gasteiger partial charge in [0.1, 0.15) is 5.75 Å². The van der Waals surface area contributed by atoms with Crippen LogP contribution in [-0.4, -0.2) is 7.11 Å². The number of benzene rings is 2. The standard InChI is InChI=1S/C14H12BrClO/c1-17-13-8-7-11(9-12(13)16)14(15)10-5-3-2-4-6-10/h2-9,14H,1H3. The molecule has 0 saturated heterocycles. The van der Waals surface area contributed by atoms with E-state index in [9.17, 15) is 0 Å². The lowest BCUT2D eigenvalue weighted by Gasteiger charge is -2.12. The smallest absolute Gasteiger partial charge is 0.137 e. The minimum absolute atomic E-state index is 0.145. The summed E-state index contributed by atoms with van der Waals surface area (Å²) in [6.07, 6.45) is 0. The van der Waals surface area contributed by atoms with E-state index in [-0.39, 0.29) is 4.83 Å². The van der Waals surface area contributed by atoms with E-state index in [4.69, 9.17) is 16.3 Å². The highest BCUT2D eigenvalue weighted by Crippen LogP contribution is 2.34. The predicted molar refractivity (Wildman–Crippen MR) is 75.2 cm³/mol. The SMILES string of the molecule is COc1ccc(C(Br)c2ccccc2)cc1Cl. The number of hydrogen-bond donors (Lipinski definition) is 0. The molecule has 0 aliphatic heterocycles. The first-order valence-corrected chi connectivity index (χ1v) is 6.54. The van der Waals surface area contributed by atoms with E-state index in [0.717, 1.165) is 5.56 Å². The van der Waals surface area contributed by atoms with Crippen LogP contribution in [0.2, 0.25) is 5.02 Å². The van der Waals surface area contributed by atoms with E-state index in [1.54, 1.807) is 7.11 Å². The molecule has 0 aromatic heterocycles. The molecule has 0 heterocycles. The Kier molecular flexibility index (Phi) is 4.08. The van der Waals surface area contributed by atoms with Gasteiger partial charge in [-0.25, -0.2) is 0 Å². The molecule has 3 heteroatoms. The van der Waals surface area contributed by atoms with Crippen LogP contribution in [0.5, 0.6) is 5.75 Å². The lowest BCUT2D eigenvalue weighted by Crippen LogP contribution is -1.93. The summed E-state index contributed by atoms with van der Waals surface area (Å²) in [6.45, 7) is 0. The van der Waals surface area contributed by atoms with Gasteiger partial charge in [-0.2, -0.15) is 0 Å². The van der Waals surface area contributed by atoms with E-state index < -0.39 is 0 Å². The summed E-state index contributed by atoms with van der Waals surface area (Å²) in [5, 5.41) is 0.630. The molecule has 0 spiro atoms. The van der Waals surface area contributed by atoms with Crippen LogP contribution in [0, 0.1) is 0 Å². The number of rotatable bonds is 3. The first-order valence-electron chi connectivity index (χ1n) is 5.25. The second-order valence-electron chi connectivity index (χ2n) is 3.67. The third-order valence-corrected chi connectivity index (χ3v) is 3.91. The second kappa shape index (κ2) is 5.56. The van der Waals surface area contributed by atoms with Gasteiger partial charge in [0, 0.05) is 0 Å². The molecule has 1 atom stereocenters. The summed E-state index contributed by atoms with van der Waals surface area (Å²) >= 11 is 9.79. The van der Waals surface area contributed by atoms with Crippen molar-refractivity contribution in [2.45, 2.75) is 4.83 Å². The molecule has 1 nitrogen and oxygen atoms in total. The Balaban J connectivity index is 2.32.